The predicted molar refractivity (Wildman–Crippen MR) is 161 cm³/mol. The van der Waals surface area contributed by atoms with Crippen molar-refractivity contribution in [3.8, 4) is 28.1 Å². The van der Waals surface area contributed by atoms with Gasteiger partial charge in [0.1, 0.15) is 28.4 Å². The topological polar surface area (TPSA) is 100 Å². The van der Waals surface area contributed by atoms with Gasteiger partial charge < -0.3 is 10.5 Å². The molecule has 1 atom stereocenters. The van der Waals surface area contributed by atoms with Crippen molar-refractivity contribution in [3.05, 3.63) is 93.5 Å². The molecule has 0 bridgehead atoms. The molecule has 0 spiro atoms. The molecule has 1 unspecified atom stereocenters. The Labute approximate surface area is 235 Å². The smallest absolute Gasteiger partial charge is 0.264 e. The Balaban J connectivity index is 1.58. The highest BCUT2D eigenvalue weighted by Crippen LogP contribution is 2.37. The molecule has 4 heterocycles. The van der Waals surface area contributed by atoms with Crippen LogP contribution >= 0.6 is 11.3 Å². The number of hydrogen-bond donors (Lipinski definition) is 1. The largest absolute Gasteiger partial charge is 0.491 e. The number of benzene rings is 2. The fourth-order valence-electron chi connectivity index (χ4n) is 5.23. The molecule has 4 aromatic heterocycles. The van der Waals surface area contributed by atoms with Gasteiger partial charge in [-0.2, -0.15) is 5.10 Å². The molecule has 2 N–H and O–H groups in total. The van der Waals surface area contributed by atoms with Gasteiger partial charge in [0.15, 0.2) is 5.65 Å². The molecule has 40 heavy (non-hydrogen) atoms. The summed E-state index contributed by atoms with van der Waals surface area (Å²) in [7, 11) is 0. The Bertz CT molecular complexity index is 1940. The number of thiazole rings is 1. The lowest BCUT2D eigenvalue weighted by atomic mass is 9.97. The number of rotatable bonds is 6. The second kappa shape index (κ2) is 9.91. The molecule has 6 aromatic rings. The maximum absolute atomic E-state index is 13.9. The lowest BCUT2D eigenvalue weighted by Gasteiger charge is -2.18. The molecule has 0 saturated heterocycles. The maximum Gasteiger partial charge on any atom is 0.264 e. The summed E-state index contributed by atoms with van der Waals surface area (Å²) in [5, 5.41) is 7.75. The summed E-state index contributed by atoms with van der Waals surface area (Å²) in [4.78, 5) is 23.7. The highest BCUT2D eigenvalue weighted by Gasteiger charge is 2.25. The number of aryl methyl sites for hydroxylation is 2. The molecule has 0 aliphatic carbocycles. The number of nitrogens with zero attached hydrogens (tertiary/aromatic N) is 5. The van der Waals surface area contributed by atoms with Crippen molar-refractivity contribution in [2.24, 2.45) is 0 Å². The van der Waals surface area contributed by atoms with Crippen LogP contribution in [0.5, 0.6) is 5.75 Å². The summed E-state index contributed by atoms with van der Waals surface area (Å²) in [6.45, 7) is 10.0. The van der Waals surface area contributed by atoms with E-state index >= 15 is 0 Å². The lowest BCUT2D eigenvalue weighted by Crippen LogP contribution is -2.21. The van der Waals surface area contributed by atoms with Crippen LogP contribution in [0, 0.1) is 13.8 Å². The summed E-state index contributed by atoms with van der Waals surface area (Å²) in [6, 6.07) is 17.5. The van der Waals surface area contributed by atoms with Gasteiger partial charge in [-0.1, -0.05) is 30.3 Å². The minimum atomic E-state index is -0.328. The van der Waals surface area contributed by atoms with E-state index in [2.05, 4.69) is 16.0 Å². The summed E-state index contributed by atoms with van der Waals surface area (Å²) >= 11 is 1.55. The van der Waals surface area contributed by atoms with Crippen molar-refractivity contribution in [1.82, 2.24) is 24.1 Å². The summed E-state index contributed by atoms with van der Waals surface area (Å²) in [5.41, 5.74) is 12.8. The zero-order valence-electron chi connectivity index (χ0n) is 23.0. The first-order valence-electron chi connectivity index (χ1n) is 13.2. The normalized spacial score (nSPS) is 12.4. The highest BCUT2D eigenvalue weighted by atomic mass is 32.1. The number of fused-ring (bicyclic) bond motifs is 2. The van der Waals surface area contributed by atoms with Gasteiger partial charge >= 0.3 is 0 Å². The third-order valence-electron chi connectivity index (χ3n) is 7.12. The van der Waals surface area contributed by atoms with Crippen LogP contribution in [0.2, 0.25) is 0 Å². The summed E-state index contributed by atoms with van der Waals surface area (Å²) in [5.74, 6) is 1.18. The van der Waals surface area contributed by atoms with Crippen LogP contribution in [0.15, 0.2) is 71.1 Å². The molecule has 6 rings (SSSR count). The van der Waals surface area contributed by atoms with E-state index < -0.39 is 0 Å². The van der Waals surface area contributed by atoms with E-state index in [4.69, 9.17) is 15.6 Å². The third kappa shape index (κ3) is 4.23. The highest BCUT2D eigenvalue weighted by molar-refractivity contribution is 7.15. The Hall–Kier alpha value is -4.50. The van der Waals surface area contributed by atoms with Crippen molar-refractivity contribution in [2.75, 3.05) is 5.73 Å². The summed E-state index contributed by atoms with van der Waals surface area (Å²) in [6.07, 6.45) is 1.53. The maximum atomic E-state index is 13.9. The molecule has 8 nitrogen and oxygen atoms in total. The van der Waals surface area contributed by atoms with E-state index in [0.29, 0.717) is 28.1 Å². The van der Waals surface area contributed by atoms with Crippen LogP contribution in [-0.2, 0) is 0 Å². The van der Waals surface area contributed by atoms with Gasteiger partial charge in [0.2, 0.25) is 0 Å². The van der Waals surface area contributed by atoms with Crippen LogP contribution < -0.4 is 16.0 Å². The SMILES string of the molecule is Cc1cc(-c2nn(C(C)c3cc4scc(C)n4c(=O)c3-c3ccccc3)c3ncnc(N)c23)ccc1OC(C)C. The van der Waals surface area contributed by atoms with Gasteiger partial charge in [0.25, 0.3) is 5.56 Å². The van der Waals surface area contributed by atoms with Crippen molar-refractivity contribution in [3.63, 3.8) is 0 Å². The number of pyridine rings is 1. The van der Waals surface area contributed by atoms with Gasteiger partial charge in [-0.3, -0.25) is 9.20 Å². The third-order valence-corrected chi connectivity index (χ3v) is 8.12. The first-order chi connectivity index (χ1) is 19.2. The van der Waals surface area contributed by atoms with Crippen LogP contribution in [0.4, 0.5) is 5.82 Å². The number of anilines is 1. The second-order valence-corrected chi connectivity index (χ2v) is 11.2. The minimum absolute atomic E-state index is 0.0495. The Morgan fingerprint density at radius 3 is 2.48 bits per heavy atom. The van der Waals surface area contributed by atoms with E-state index in [1.54, 1.807) is 15.7 Å². The summed E-state index contributed by atoms with van der Waals surface area (Å²) < 4.78 is 9.58. The number of hydrogen-bond acceptors (Lipinski definition) is 7. The number of aromatic nitrogens is 5. The zero-order chi connectivity index (χ0) is 28.1. The van der Waals surface area contributed by atoms with E-state index in [0.717, 1.165) is 38.5 Å². The lowest BCUT2D eigenvalue weighted by molar-refractivity contribution is 0.241. The van der Waals surface area contributed by atoms with E-state index in [9.17, 15) is 4.79 Å². The quantitative estimate of drug-likeness (QED) is 0.256. The first-order valence-corrected chi connectivity index (χ1v) is 14.1. The van der Waals surface area contributed by atoms with E-state index in [1.807, 2.05) is 93.2 Å². The fraction of sp³-hybridized carbons (Fsp3) is 0.226. The van der Waals surface area contributed by atoms with Crippen LogP contribution in [-0.4, -0.2) is 30.3 Å². The average molecular weight is 551 g/mol. The molecular formula is C31H30N6O2S. The van der Waals surface area contributed by atoms with Crippen LogP contribution in [0.3, 0.4) is 0 Å². The van der Waals surface area contributed by atoms with Crippen molar-refractivity contribution in [1.29, 1.82) is 0 Å². The molecule has 0 saturated carbocycles. The molecule has 0 amide bonds. The molecule has 2 aromatic carbocycles. The Morgan fingerprint density at radius 2 is 1.75 bits per heavy atom. The van der Waals surface area contributed by atoms with Crippen LogP contribution in [0.1, 0.15) is 43.6 Å². The van der Waals surface area contributed by atoms with Crippen molar-refractivity contribution >= 4 is 33.0 Å². The molecule has 9 heteroatoms. The Kier molecular flexibility index (Phi) is 6.38. The number of nitrogens with two attached hydrogens (primary N) is 1. The van der Waals surface area contributed by atoms with Crippen molar-refractivity contribution < 1.29 is 4.74 Å². The standard InChI is InChI=1S/C31H30N6O2S/c1-17(2)39-24-12-11-22(13-18(24)3)28-27-29(32)33-16-34-30(27)37(35-28)20(5)23-14-25-36(19(4)15-40-25)31(38)26(23)21-9-7-6-8-10-21/h6-17,20H,1-5H3,(H2,32,33,34). The molecule has 0 radical (unpaired) electrons. The molecule has 0 aliphatic heterocycles. The fourth-order valence-corrected chi connectivity index (χ4v) is 6.15. The Morgan fingerprint density at radius 1 is 0.975 bits per heavy atom. The monoisotopic (exact) mass is 550 g/mol. The van der Waals surface area contributed by atoms with Gasteiger partial charge in [-0.15, -0.1) is 11.3 Å². The van der Waals surface area contributed by atoms with E-state index in [-0.39, 0.29) is 17.7 Å². The van der Waals surface area contributed by atoms with Gasteiger partial charge in [-0.25, -0.2) is 14.6 Å². The predicted octanol–water partition coefficient (Wildman–Crippen LogP) is 6.43. The van der Waals surface area contributed by atoms with Gasteiger partial charge in [0, 0.05) is 16.6 Å². The first kappa shape index (κ1) is 25.8. The van der Waals surface area contributed by atoms with Crippen LogP contribution in [0.25, 0.3) is 38.2 Å². The molecular weight excluding hydrogens is 520 g/mol. The second-order valence-electron chi connectivity index (χ2n) is 10.3. The molecule has 202 valence electrons. The van der Waals surface area contributed by atoms with Gasteiger partial charge in [0.05, 0.1) is 23.1 Å². The average Bonchev–Trinajstić information content (AvgIpc) is 3.51. The van der Waals surface area contributed by atoms with E-state index in [1.165, 1.54) is 6.33 Å². The number of nitrogen functional groups attached to an aromatic ring is 1. The zero-order valence-corrected chi connectivity index (χ0v) is 23.9. The van der Waals surface area contributed by atoms with Crippen molar-refractivity contribution in [2.45, 2.75) is 46.8 Å². The molecule has 0 fully saturated rings. The molecule has 0 aliphatic rings. The number of ether oxygens (including phenoxy) is 1. The minimum Gasteiger partial charge on any atom is -0.491 e. The van der Waals surface area contributed by atoms with Gasteiger partial charge in [-0.05, 0) is 75.6 Å².